The van der Waals surface area contributed by atoms with Gasteiger partial charge in [0.1, 0.15) is 0 Å². The molecule has 0 spiro atoms. The molecule has 0 aromatic carbocycles. The lowest BCUT2D eigenvalue weighted by Crippen LogP contribution is -2.41. The summed E-state index contributed by atoms with van der Waals surface area (Å²) < 4.78 is 0. The molecule has 1 rings (SSSR count). The third kappa shape index (κ3) is 3.58. The average molecular weight is 199 g/mol. The SMILES string of the molecule is CC(O)CC(C)N(C)C1CCCCC1. The first-order valence-electron chi connectivity index (χ1n) is 6.01. The Balaban J connectivity index is 2.33. The highest BCUT2D eigenvalue weighted by Crippen LogP contribution is 2.23. The second-order valence-electron chi connectivity index (χ2n) is 4.89. The molecular weight excluding hydrogens is 174 g/mol. The molecule has 0 aromatic heterocycles. The van der Waals surface area contributed by atoms with Crippen LogP contribution in [0.1, 0.15) is 52.4 Å². The zero-order valence-corrected chi connectivity index (χ0v) is 9.87. The minimum absolute atomic E-state index is 0.170. The van der Waals surface area contributed by atoms with Gasteiger partial charge in [-0.3, -0.25) is 0 Å². The first-order chi connectivity index (χ1) is 6.61. The monoisotopic (exact) mass is 199 g/mol. The Hall–Kier alpha value is -0.0800. The molecule has 0 aromatic rings. The van der Waals surface area contributed by atoms with Crippen molar-refractivity contribution in [2.75, 3.05) is 7.05 Å². The standard InChI is InChI=1S/C12H25NO/c1-10(9-11(2)14)13(3)12-7-5-4-6-8-12/h10-12,14H,4-9H2,1-3H3. The van der Waals surface area contributed by atoms with Crippen LogP contribution in [0.15, 0.2) is 0 Å². The third-order valence-electron chi connectivity index (χ3n) is 3.53. The first kappa shape index (κ1) is 12.0. The molecule has 0 heterocycles. The topological polar surface area (TPSA) is 23.5 Å². The molecule has 1 aliphatic rings. The maximum Gasteiger partial charge on any atom is 0.0526 e. The van der Waals surface area contributed by atoms with Gasteiger partial charge in [0.05, 0.1) is 6.10 Å². The second-order valence-corrected chi connectivity index (χ2v) is 4.89. The summed E-state index contributed by atoms with van der Waals surface area (Å²) in [5.74, 6) is 0. The van der Waals surface area contributed by atoms with Crippen LogP contribution >= 0.6 is 0 Å². The van der Waals surface area contributed by atoms with E-state index in [1.54, 1.807) is 0 Å². The van der Waals surface area contributed by atoms with Crippen LogP contribution in [0.3, 0.4) is 0 Å². The largest absolute Gasteiger partial charge is 0.393 e. The Morgan fingerprint density at radius 2 is 1.79 bits per heavy atom. The molecule has 2 unspecified atom stereocenters. The van der Waals surface area contributed by atoms with Crippen molar-refractivity contribution >= 4 is 0 Å². The van der Waals surface area contributed by atoms with Gasteiger partial charge >= 0.3 is 0 Å². The quantitative estimate of drug-likeness (QED) is 0.751. The van der Waals surface area contributed by atoms with Gasteiger partial charge in [0.15, 0.2) is 0 Å². The molecule has 0 bridgehead atoms. The lowest BCUT2D eigenvalue weighted by Gasteiger charge is -2.36. The summed E-state index contributed by atoms with van der Waals surface area (Å²) in [7, 11) is 2.21. The van der Waals surface area contributed by atoms with Crippen LogP contribution in [0, 0.1) is 0 Å². The minimum Gasteiger partial charge on any atom is -0.393 e. The van der Waals surface area contributed by atoms with E-state index in [2.05, 4.69) is 18.9 Å². The highest BCUT2D eigenvalue weighted by Gasteiger charge is 2.22. The van der Waals surface area contributed by atoms with Crippen molar-refractivity contribution in [3.05, 3.63) is 0 Å². The molecule has 1 saturated carbocycles. The van der Waals surface area contributed by atoms with E-state index in [1.807, 2.05) is 6.92 Å². The molecule has 0 amide bonds. The number of aliphatic hydroxyl groups is 1. The van der Waals surface area contributed by atoms with Gasteiger partial charge in [-0.15, -0.1) is 0 Å². The van der Waals surface area contributed by atoms with Gasteiger partial charge in [-0.05, 0) is 40.2 Å². The lowest BCUT2D eigenvalue weighted by molar-refractivity contribution is 0.0950. The predicted octanol–water partition coefficient (Wildman–Crippen LogP) is 2.41. The Kier molecular flexibility index (Phi) is 4.90. The number of nitrogens with zero attached hydrogens (tertiary/aromatic N) is 1. The van der Waals surface area contributed by atoms with Crippen molar-refractivity contribution in [1.29, 1.82) is 0 Å². The van der Waals surface area contributed by atoms with Crippen molar-refractivity contribution in [2.24, 2.45) is 0 Å². The fourth-order valence-electron chi connectivity index (χ4n) is 2.51. The highest BCUT2D eigenvalue weighted by atomic mass is 16.3. The molecule has 14 heavy (non-hydrogen) atoms. The summed E-state index contributed by atoms with van der Waals surface area (Å²) >= 11 is 0. The van der Waals surface area contributed by atoms with Crippen LogP contribution in [-0.2, 0) is 0 Å². The van der Waals surface area contributed by atoms with E-state index >= 15 is 0 Å². The summed E-state index contributed by atoms with van der Waals surface area (Å²) in [5.41, 5.74) is 0. The van der Waals surface area contributed by atoms with Gasteiger partial charge in [-0.25, -0.2) is 0 Å². The van der Waals surface area contributed by atoms with Crippen molar-refractivity contribution in [1.82, 2.24) is 4.90 Å². The van der Waals surface area contributed by atoms with Crippen LogP contribution in [0.4, 0.5) is 0 Å². The van der Waals surface area contributed by atoms with Gasteiger partial charge in [-0.2, -0.15) is 0 Å². The van der Waals surface area contributed by atoms with E-state index in [-0.39, 0.29) is 6.10 Å². The van der Waals surface area contributed by atoms with Crippen molar-refractivity contribution in [3.63, 3.8) is 0 Å². The van der Waals surface area contributed by atoms with Crippen molar-refractivity contribution in [2.45, 2.75) is 70.6 Å². The Morgan fingerprint density at radius 3 is 2.29 bits per heavy atom. The molecule has 2 atom stereocenters. The van der Waals surface area contributed by atoms with Crippen molar-refractivity contribution < 1.29 is 5.11 Å². The Bertz CT molecular complexity index is 152. The number of hydrogen-bond acceptors (Lipinski definition) is 2. The van der Waals surface area contributed by atoms with Crippen molar-refractivity contribution in [3.8, 4) is 0 Å². The fraction of sp³-hybridized carbons (Fsp3) is 1.00. The van der Waals surface area contributed by atoms with E-state index in [1.165, 1.54) is 32.1 Å². The summed E-state index contributed by atoms with van der Waals surface area (Å²) in [5, 5.41) is 9.34. The molecule has 1 N–H and O–H groups in total. The molecule has 2 heteroatoms. The van der Waals surface area contributed by atoms with Crippen LogP contribution < -0.4 is 0 Å². The normalized spacial score (nSPS) is 23.8. The number of aliphatic hydroxyl groups excluding tert-OH is 1. The van der Waals surface area contributed by atoms with E-state index in [9.17, 15) is 5.11 Å². The van der Waals surface area contributed by atoms with E-state index in [0.717, 1.165) is 12.5 Å². The first-order valence-corrected chi connectivity index (χ1v) is 6.01. The smallest absolute Gasteiger partial charge is 0.0526 e. The second kappa shape index (κ2) is 5.72. The van der Waals surface area contributed by atoms with Crippen LogP contribution in [0.25, 0.3) is 0 Å². The Labute approximate surface area is 88.3 Å². The van der Waals surface area contributed by atoms with E-state index < -0.39 is 0 Å². The summed E-state index contributed by atoms with van der Waals surface area (Å²) in [6.07, 6.45) is 7.60. The van der Waals surface area contributed by atoms with E-state index in [0.29, 0.717) is 6.04 Å². The average Bonchev–Trinajstić information content (AvgIpc) is 2.17. The van der Waals surface area contributed by atoms with Crippen LogP contribution in [0.5, 0.6) is 0 Å². The molecule has 2 nitrogen and oxygen atoms in total. The molecule has 0 aliphatic heterocycles. The van der Waals surface area contributed by atoms with Crippen LogP contribution in [0.2, 0.25) is 0 Å². The molecule has 0 saturated heterocycles. The molecule has 0 radical (unpaired) electrons. The molecule has 84 valence electrons. The third-order valence-corrected chi connectivity index (χ3v) is 3.53. The zero-order chi connectivity index (χ0) is 10.6. The molecule has 1 aliphatic carbocycles. The maximum absolute atomic E-state index is 9.34. The highest BCUT2D eigenvalue weighted by molar-refractivity contribution is 4.77. The summed E-state index contributed by atoms with van der Waals surface area (Å²) in [6.45, 7) is 4.10. The molecule has 1 fully saturated rings. The van der Waals surface area contributed by atoms with Crippen LogP contribution in [-0.4, -0.2) is 35.2 Å². The minimum atomic E-state index is -0.170. The fourth-order valence-corrected chi connectivity index (χ4v) is 2.51. The van der Waals surface area contributed by atoms with Gasteiger partial charge in [0.2, 0.25) is 0 Å². The van der Waals surface area contributed by atoms with Gasteiger partial charge in [-0.1, -0.05) is 19.3 Å². The van der Waals surface area contributed by atoms with Gasteiger partial charge < -0.3 is 10.0 Å². The number of hydrogen-bond donors (Lipinski definition) is 1. The maximum atomic E-state index is 9.34. The predicted molar refractivity (Wildman–Crippen MR) is 60.4 cm³/mol. The number of rotatable bonds is 4. The summed E-state index contributed by atoms with van der Waals surface area (Å²) in [6, 6.07) is 1.27. The van der Waals surface area contributed by atoms with Gasteiger partial charge in [0, 0.05) is 12.1 Å². The lowest BCUT2D eigenvalue weighted by atomic mass is 9.93. The summed E-state index contributed by atoms with van der Waals surface area (Å²) in [4.78, 5) is 2.46. The Morgan fingerprint density at radius 1 is 1.21 bits per heavy atom. The van der Waals surface area contributed by atoms with Gasteiger partial charge in [0.25, 0.3) is 0 Å². The zero-order valence-electron chi connectivity index (χ0n) is 9.87. The van der Waals surface area contributed by atoms with E-state index in [4.69, 9.17) is 0 Å². The molecular formula is C12H25NO.